The number of amides is 2. The number of carbonyl (C=O) groups is 2. The molecule has 0 N–H and O–H groups in total. The van der Waals surface area contributed by atoms with Crippen LogP contribution in [0, 0.1) is 6.92 Å². The van der Waals surface area contributed by atoms with Crippen LogP contribution in [0.5, 0.6) is 11.5 Å². The Bertz CT molecular complexity index is 813. The zero-order valence-corrected chi connectivity index (χ0v) is 15.7. The van der Waals surface area contributed by atoms with Crippen LogP contribution in [0.25, 0.3) is 0 Å². The quantitative estimate of drug-likeness (QED) is 0.813. The Labute approximate surface area is 159 Å². The maximum atomic E-state index is 12.6. The molecule has 0 aromatic heterocycles. The first kappa shape index (κ1) is 18.8. The van der Waals surface area contributed by atoms with Crippen LogP contribution in [-0.4, -0.2) is 61.5 Å². The molecule has 27 heavy (non-hydrogen) atoms. The highest BCUT2D eigenvalue weighted by Crippen LogP contribution is 2.17. The van der Waals surface area contributed by atoms with Gasteiger partial charge in [0.2, 0.25) is 0 Å². The molecule has 1 heterocycles. The molecule has 0 spiro atoms. The second kappa shape index (κ2) is 8.58. The van der Waals surface area contributed by atoms with Crippen molar-refractivity contribution in [1.29, 1.82) is 0 Å². The Morgan fingerprint density at radius 1 is 0.963 bits per heavy atom. The van der Waals surface area contributed by atoms with E-state index in [0.717, 1.165) is 11.3 Å². The van der Waals surface area contributed by atoms with Gasteiger partial charge >= 0.3 is 0 Å². The molecule has 0 atom stereocenters. The van der Waals surface area contributed by atoms with E-state index in [9.17, 15) is 9.59 Å². The first-order valence-corrected chi connectivity index (χ1v) is 8.98. The van der Waals surface area contributed by atoms with E-state index in [0.29, 0.717) is 37.5 Å². The van der Waals surface area contributed by atoms with Crippen LogP contribution < -0.4 is 9.47 Å². The zero-order chi connectivity index (χ0) is 19.2. The lowest BCUT2D eigenvalue weighted by Gasteiger charge is -2.34. The van der Waals surface area contributed by atoms with Gasteiger partial charge in [-0.3, -0.25) is 9.59 Å². The van der Waals surface area contributed by atoms with E-state index in [1.54, 1.807) is 35.1 Å². The zero-order valence-electron chi connectivity index (χ0n) is 15.7. The predicted octanol–water partition coefficient (Wildman–Crippen LogP) is 2.37. The van der Waals surface area contributed by atoms with Gasteiger partial charge < -0.3 is 19.3 Å². The van der Waals surface area contributed by atoms with Gasteiger partial charge in [-0.05, 0) is 36.8 Å². The molecule has 0 unspecified atom stereocenters. The molecule has 0 aliphatic carbocycles. The molecule has 6 heteroatoms. The molecule has 0 bridgehead atoms. The third kappa shape index (κ3) is 4.58. The lowest BCUT2D eigenvalue weighted by atomic mass is 10.1. The number of para-hydroxylation sites is 1. The summed E-state index contributed by atoms with van der Waals surface area (Å²) < 4.78 is 10.8. The van der Waals surface area contributed by atoms with Gasteiger partial charge in [0.15, 0.2) is 6.61 Å². The fourth-order valence-electron chi connectivity index (χ4n) is 3.05. The van der Waals surface area contributed by atoms with Gasteiger partial charge in [0.1, 0.15) is 11.5 Å². The molecule has 1 saturated heterocycles. The van der Waals surface area contributed by atoms with Gasteiger partial charge in [-0.2, -0.15) is 0 Å². The maximum Gasteiger partial charge on any atom is 0.260 e. The summed E-state index contributed by atoms with van der Waals surface area (Å²) in [5.74, 6) is 1.27. The summed E-state index contributed by atoms with van der Waals surface area (Å²) in [5, 5.41) is 0. The van der Waals surface area contributed by atoms with Crippen molar-refractivity contribution in [1.82, 2.24) is 9.80 Å². The van der Waals surface area contributed by atoms with Gasteiger partial charge in [0, 0.05) is 31.7 Å². The molecular formula is C21H24N2O4. The second-order valence-electron chi connectivity index (χ2n) is 6.46. The molecule has 1 aliphatic rings. The van der Waals surface area contributed by atoms with E-state index in [1.165, 1.54) is 0 Å². The van der Waals surface area contributed by atoms with Crippen molar-refractivity contribution in [2.24, 2.45) is 0 Å². The summed E-state index contributed by atoms with van der Waals surface area (Å²) in [5.41, 5.74) is 1.59. The number of benzene rings is 2. The van der Waals surface area contributed by atoms with Crippen LogP contribution in [-0.2, 0) is 4.79 Å². The van der Waals surface area contributed by atoms with Crippen molar-refractivity contribution < 1.29 is 19.1 Å². The summed E-state index contributed by atoms with van der Waals surface area (Å²) >= 11 is 0. The Kier molecular flexibility index (Phi) is 5.96. The fourth-order valence-corrected chi connectivity index (χ4v) is 3.05. The number of piperazine rings is 1. The summed E-state index contributed by atoms with van der Waals surface area (Å²) in [6.07, 6.45) is 0. The molecule has 6 nitrogen and oxygen atoms in total. The number of hydrogen-bond donors (Lipinski definition) is 0. The van der Waals surface area contributed by atoms with E-state index >= 15 is 0 Å². The molecule has 0 saturated carbocycles. The van der Waals surface area contributed by atoms with Gasteiger partial charge in [-0.15, -0.1) is 0 Å². The molecule has 2 aromatic rings. The van der Waals surface area contributed by atoms with E-state index in [4.69, 9.17) is 9.47 Å². The maximum absolute atomic E-state index is 12.6. The summed E-state index contributed by atoms with van der Waals surface area (Å²) in [4.78, 5) is 28.5. The highest BCUT2D eigenvalue weighted by Gasteiger charge is 2.25. The lowest BCUT2D eigenvalue weighted by molar-refractivity contribution is -0.134. The van der Waals surface area contributed by atoms with Crippen molar-refractivity contribution in [2.45, 2.75) is 6.92 Å². The first-order chi connectivity index (χ1) is 13.1. The minimum absolute atomic E-state index is 0.00861. The number of aryl methyl sites for hydroxylation is 1. The van der Waals surface area contributed by atoms with Crippen molar-refractivity contribution >= 4 is 11.8 Å². The second-order valence-corrected chi connectivity index (χ2v) is 6.46. The lowest BCUT2D eigenvalue weighted by Crippen LogP contribution is -2.51. The Morgan fingerprint density at radius 2 is 1.67 bits per heavy atom. The van der Waals surface area contributed by atoms with E-state index in [1.807, 2.05) is 37.3 Å². The molecule has 142 valence electrons. The topological polar surface area (TPSA) is 59.1 Å². The molecule has 1 fully saturated rings. The SMILES string of the molecule is COc1cccc(C(=O)N2CCN(C(=O)COc3ccccc3C)CC2)c1. The van der Waals surface area contributed by atoms with Crippen LogP contribution in [0.15, 0.2) is 48.5 Å². The minimum atomic E-state index is -0.0632. The Balaban J connectivity index is 1.51. The molecule has 0 radical (unpaired) electrons. The molecule has 3 rings (SSSR count). The van der Waals surface area contributed by atoms with Gasteiger partial charge in [0.25, 0.3) is 11.8 Å². The highest BCUT2D eigenvalue weighted by atomic mass is 16.5. The summed E-state index contributed by atoms with van der Waals surface area (Å²) in [6.45, 7) is 3.98. The third-order valence-corrected chi connectivity index (χ3v) is 4.68. The number of ether oxygens (including phenoxy) is 2. The van der Waals surface area contributed by atoms with E-state index in [-0.39, 0.29) is 18.4 Å². The van der Waals surface area contributed by atoms with Crippen LogP contribution in [0.2, 0.25) is 0 Å². The Morgan fingerprint density at radius 3 is 2.37 bits per heavy atom. The average Bonchev–Trinajstić information content (AvgIpc) is 2.72. The van der Waals surface area contributed by atoms with Crippen LogP contribution >= 0.6 is 0 Å². The van der Waals surface area contributed by atoms with E-state index in [2.05, 4.69) is 0 Å². The van der Waals surface area contributed by atoms with Gasteiger partial charge in [-0.25, -0.2) is 0 Å². The smallest absolute Gasteiger partial charge is 0.260 e. The largest absolute Gasteiger partial charge is 0.497 e. The number of rotatable bonds is 5. The highest BCUT2D eigenvalue weighted by molar-refractivity contribution is 5.94. The molecule has 1 aliphatic heterocycles. The van der Waals surface area contributed by atoms with Crippen LogP contribution in [0.3, 0.4) is 0 Å². The monoisotopic (exact) mass is 368 g/mol. The van der Waals surface area contributed by atoms with Crippen molar-refractivity contribution in [3.05, 3.63) is 59.7 Å². The van der Waals surface area contributed by atoms with Gasteiger partial charge in [-0.1, -0.05) is 24.3 Å². The minimum Gasteiger partial charge on any atom is -0.497 e. The van der Waals surface area contributed by atoms with Crippen molar-refractivity contribution in [3.63, 3.8) is 0 Å². The summed E-state index contributed by atoms with van der Waals surface area (Å²) in [6, 6.07) is 14.7. The van der Waals surface area contributed by atoms with Crippen LogP contribution in [0.4, 0.5) is 0 Å². The normalized spacial score (nSPS) is 14.0. The predicted molar refractivity (Wildman–Crippen MR) is 102 cm³/mol. The van der Waals surface area contributed by atoms with Gasteiger partial charge in [0.05, 0.1) is 7.11 Å². The number of methoxy groups -OCH3 is 1. The molecule has 2 amide bonds. The molecule has 2 aromatic carbocycles. The molecular weight excluding hydrogens is 344 g/mol. The third-order valence-electron chi connectivity index (χ3n) is 4.68. The summed E-state index contributed by atoms with van der Waals surface area (Å²) in [7, 11) is 1.58. The van der Waals surface area contributed by atoms with E-state index < -0.39 is 0 Å². The number of hydrogen-bond acceptors (Lipinski definition) is 4. The van der Waals surface area contributed by atoms with Crippen molar-refractivity contribution in [3.8, 4) is 11.5 Å². The first-order valence-electron chi connectivity index (χ1n) is 8.98. The Hall–Kier alpha value is -3.02. The standard InChI is InChI=1S/C21H24N2O4/c1-16-6-3-4-9-19(16)27-15-20(24)22-10-12-23(13-11-22)21(25)17-7-5-8-18(14-17)26-2/h3-9,14H,10-13,15H2,1-2H3. The number of carbonyl (C=O) groups excluding carboxylic acids is 2. The fraction of sp³-hybridized carbons (Fsp3) is 0.333. The number of nitrogens with zero attached hydrogens (tertiary/aromatic N) is 2. The average molecular weight is 368 g/mol. The van der Waals surface area contributed by atoms with Crippen molar-refractivity contribution in [2.75, 3.05) is 39.9 Å². The van der Waals surface area contributed by atoms with Crippen LogP contribution in [0.1, 0.15) is 15.9 Å².